The van der Waals surface area contributed by atoms with Crippen LogP contribution in [0.2, 0.25) is 0 Å². The second-order valence-corrected chi connectivity index (χ2v) is 5.45. The molecule has 2 aromatic rings. The quantitative estimate of drug-likeness (QED) is 0.733. The van der Waals surface area contributed by atoms with E-state index >= 15 is 0 Å². The Morgan fingerprint density at radius 3 is 2.79 bits per heavy atom. The summed E-state index contributed by atoms with van der Waals surface area (Å²) in [5, 5.41) is 3.37. The van der Waals surface area contributed by atoms with Crippen molar-refractivity contribution in [3.63, 3.8) is 0 Å². The zero-order valence-corrected chi connectivity index (χ0v) is 13.8. The molecule has 2 amide bonds. The minimum Gasteiger partial charge on any atom is -0.385 e. The summed E-state index contributed by atoms with van der Waals surface area (Å²) in [6.45, 7) is 0.976. The Hall–Kier alpha value is -2.67. The SMILES string of the molecule is COCCCNC(=O)CN(C)C(=O)c1cc(=O)[nH]c2ccccc12. The van der Waals surface area contributed by atoms with Crippen molar-refractivity contribution in [3.05, 3.63) is 46.2 Å². The molecule has 7 heteroatoms. The molecule has 7 nitrogen and oxygen atoms in total. The zero-order chi connectivity index (χ0) is 17.5. The fourth-order valence-corrected chi connectivity index (χ4v) is 2.37. The second-order valence-electron chi connectivity index (χ2n) is 5.45. The van der Waals surface area contributed by atoms with E-state index in [9.17, 15) is 14.4 Å². The first-order valence-corrected chi connectivity index (χ1v) is 7.66. The fourth-order valence-electron chi connectivity index (χ4n) is 2.37. The van der Waals surface area contributed by atoms with Gasteiger partial charge in [-0.25, -0.2) is 0 Å². The minimum atomic E-state index is -0.371. The Bertz CT molecular complexity index is 785. The van der Waals surface area contributed by atoms with Crippen LogP contribution in [0, 0.1) is 0 Å². The average Bonchev–Trinajstić information content (AvgIpc) is 2.57. The third-order valence-corrected chi connectivity index (χ3v) is 3.56. The number of carbonyl (C=O) groups excluding carboxylic acids is 2. The average molecular weight is 331 g/mol. The van der Waals surface area contributed by atoms with Crippen molar-refractivity contribution in [2.24, 2.45) is 0 Å². The summed E-state index contributed by atoms with van der Waals surface area (Å²) in [5.74, 6) is -0.625. The first kappa shape index (κ1) is 17.7. The number of nitrogens with one attached hydrogen (secondary N) is 2. The number of fused-ring (bicyclic) bond motifs is 1. The van der Waals surface area contributed by atoms with E-state index in [0.29, 0.717) is 30.5 Å². The smallest absolute Gasteiger partial charge is 0.254 e. The summed E-state index contributed by atoms with van der Waals surface area (Å²) in [7, 11) is 3.13. The first-order chi connectivity index (χ1) is 11.5. The van der Waals surface area contributed by atoms with E-state index < -0.39 is 0 Å². The first-order valence-electron chi connectivity index (χ1n) is 7.66. The number of methoxy groups -OCH3 is 1. The van der Waals surface area contributed by atoms with Crippen LogP contribution in [0.4, 0.5) is 0 Å². The molecular formula is C17H21N3O4. The van der Waals surface area contributed by atoms with Crippen LogP contribution < -0.4 is 10.9 Å². The molecule has 0 saturated carbocycles. The molecule has 0 atom stereocenters. The van der Waals surface area contributed by atoms with Gasteiger partial charge in [-0.05, 0) is 12.5 Å². The normalized spacial score (nSPS) is 10.6. The molecule has 0 spiro atoms. The predicted molar refractivity (Wildman–Crippen MR) is 91.0 cm³/mol. The molecule has 2 N–H and O–H groups in total. The minimum absolute atomic E-state index is 0.0764. The van der Waals surface area contributed by atoms with Gasteiger partial charge in [0, 0.05) is 44.3 Å². The van der Waals surface area contributed by atoms with Gasteiger partial charge >= 0.3 is 0 Å². The number of ether oxygens (including phenoxy) is 1. The van der Waals surface area contributed by atoms with Crippen molar-refractivity contribution < 1.29 is 14.3 Å². The molecule has 1 heterocycles. The van der Waals surface area contributed by atoms with Crippen LogP contribution in [0.25, 0.3) is 10.9 Å². The van der Waals surface area contributed by atoms with Crippen LogP contribution in [-0.2, 0) is 9.53 Å². The molecule has 128 valence electrons. The lowest BCUT2D eigenvalue weighted by atomic mass is 10.1. The number of para-hydroxylation sites is 1. The molecule has 0 unspecified atom stereocenters. The van der Waals surface area contributed by atoms with E-state index in [1.807, 2.05) is 0 Å². The zero-order valence-electron chi connectivity index (χ0n) is 13.8. The van der Waals surface area contributed by atoms with Gasteiger partial charge in [0.25, 0.3) is 5.91 Å². The van der Waals surface area contributed by atoms with E-state index in [0.717, 1.165) is 0 Å². The molecular weight excluding hydrogens is 310 g/mol. The van der Waals surface area contributed by atoms with E-state index in [-0.39, 0.29) is 29.5 Å². The van der Waals surface area contributed by atoms with Crippen molar-refractivity contribution >= 4 is 22.7 Å². The molecule has 0 saturated heterocycles. The standard InChI is InChI=1S/C17H21N3O4/c1-20(11-16(22)18-8-5-9-24-2)17(23)13-10-15(21)19-14-7-4-3-6-12(13)14/h3-4,6-7,10H,5,8-9,11H2,1-2H3,(H,18,22)(H,19,21). The summed E-state index contributed by atoms with van der Waals surface area (Å²) in [6.07, 6.45) is 0.707. The van der Waals surface area contributed by atoms with Gasteiger partial charge in [0.2, 0.25) is 11.5 Å². The van der Waals surface area contributed by atoms with Gasteiger partial charge in [-0.2, -0.15) is 0 Å². The third kappa shape index (κ3) is 4.42. The van der Waals surface area contributed by atoms with Crippen molar-refractivity contribution in [2.75, 3.05) is 33.9 Å². The lowest BCUT2D eigenvalue weighted by Crippen LogP contribution is -2.39. The molecule has 0 aliphatic rings. The van der Waals surface area contributed by atoms with Gasteiger partial charge < -0.3 is 19.9 Å². The van der Waals surface area contributed by atoms with Crippen LogP contribution in [0.3, 0.4) is 0 Å². The maximum Gasteiger partial charge on any atom is 0.254 e. The molecule has 0 fully saturated rings. The Balaban J connectivity index is 2.08. The van der Waals surface area contributed by atoms with Crippen LogP contribution in [0.15, 0.2) is 35.1 Å². The Kier molecular flexibility index (Phi) is 6.08. The molecule has 24 heavy (non-hydrogen) atoms. The molecule has 0 radical (unpaired) electrons. The molecule has 0 aliphatic carbocycles. The molecule has 0 bridgehead atoms. The van der Waals surface area contributed by atoms with Gasteiger partial charge in [0.15, 0.2) is 0 Å². The maximum atomic E-state index is 12.6. The fraction of sp³-hybridized carbons (Fsp3) is 0.353. The van der Waals surface area contributed by atoms with Crippen LogP contribution in [-0.4, -0.2) is 55.6 Å². The van der Waals surface area contributed by atoms with Gasteiger partial charge in [-0.3, -0.25) is 14.4 Å². The van der Waals surface area contributed by atoms with Gasteiger partial charge in [-0.15, -0.1) is 0 Å². The number of likely N-dealkylation sites (N-methyl/N-ethyl adjacent to an activating group) is 1. The van der Waals surface area contributed by atoms with Crippen molar-refractivity contribution in [3.8, 4) is 0 Å². The highest BCUT2D eigenvalue weighted by molar-refractivity contribution is 6.06. The van der Waals surface area contributed by atoms with E-state index in [4.69, 9.17) is 4.74 Å². The molecule has 1 aromatic carbocycles. The van der Waals surface area contributed by atoms with Crippen LogP contribution in [0.1, 0.15) is 16.8 Å². The van der Waals surface area contributed by atoms with Gasteiger partial charge in [0.1, 0.15) is 0 Å². The number of hydrogen-bond donors (Lipinski definition) is 2. The number of rotatable bonds is 7. The van der Waals surface area contributed by atoms with E-state index in [2.05, 4.69) is 10.3 Å². The number of aromatic nitrogens is 1. The molecule has 0 aliphatic heterocycles. The number of H-pyrrole nitrogens is 1. The lowest BCUT2D eigenvalue weighted by molar-refractivity contribution is -0.121. The summed E-state index contributed by atoms with van der Waals surface area (Å²) in [6, 6.07) is 8.33. The third-order valence-electron chi connectivity index (χ3n) is 3.56. The summed E-state index contributed by atoms with van der Waals surface area (Å²) < 4.78 is 4.90. The van der Waals surface area contributed by atoms with Crippen LogP contribution >= 0.6 is 0 Å². The van der Waals surface area contributed by atoms with E-state index in [1.54, 1.807) is 31.4 Å². The largest absolute Gasteiger partial charge is 0.385 e. The number of aromatic amines is 1. The van der Waals surface area contributed by atoms with Crippen molar-refractivity contribution in [1.82, 2.24) is 15.2 Å². The summed E-state index contributed by atoms with van der Waals surface area (Å²) >= 11 is 0. The van der Waals surface area contributed by atoms with Gasteiger partial charge in [0.05, 0.1) is 12.1 Å². The Morgan fingerprint density at radius 1 is 1.29 bits per heavy atom. The maximum absolute atomic E-state index is 12.6. The number of pyridine rings is 1. The molecule has 2 rings (SSSR count). The number of carbonyl (C=O) groups is 2. The summed E-state index contributed by atoms with van der Waals surface area (Å²) in [4.78, 5) is 40.2. The van der Waals surface area contributed by atoms with Crippen molar-refractivity contribution in [2.45, 2.75) is 6.42 Å². The van der Waals surface area contributed by atoms with E-state index in [1.165, 1.54) is 18.0 Å². The topological polar surface area (TPSA) is 91.5 Å². The monoisotopic (exact) mass is 331 g/mol. The summed E-state index contributed by atoms with van der Waals surface area (Å²) in [5.41, 5.74) is 0.518. The Labute approximate surface area is 139 Å². The highest BCUT2D eigenvalue weighted by Crippen LogP contribution is 2.15. The number of hydrogen-bond acceptors (Lipinski definition) is 4. The Morgan fingerprint density at radius 2 is 2.04 bits per heavy atom. The van der Waals surface area contributed by atoms with Crippen molar-refractivity contribution in [1.29, 1.82) is 0 Å². The number of amides is 2. The van der Waals surface area contributed by atoms with Crippen LogP contribution in [0.5, 0.6) is 0 Å². The predicted octanol–water partition coefficient (Wildman–Crippen LogP) is 0.753. The second kappa shape index (κ2) is 8.26. The highest BCUT2D eigenvalue weighted by Gasteiger charge is 2.18. The van der Waals surface area contributed by atoms with Gasteiger partial charge in [-0.1, -0.05) is 18.2 Å². The number of benzene rings is 1. The highest BCUT2D eigenvalue weighted by atomic mass is 16.5. The number of nitrogens with zero attached hydrogens (tertiary/aromatic N) is 1. The molecule has 1 aromatic heterocycles. The lowest BCUT2D eigenvalue weighted by Gasteiger charge is -2.17.